The Hall–Kier alpha value is -2.44. The highest BCUT2D eigenvalue weighted by atomic mass is 127. The van der Waals surface area contributed by atoms with Crippen LogP contribution in [0.2, 0.25) is 5.02 Å². The molecule has 3 nitrogen and oxygen atoms in total. The van der Waals surface area contributed by atoms with Crippen LogP contribution in [0.4, 0.5) is 5.69 Å². The van der Waals surface area contributed by atoms with Crippen LogP contribution in [0.3, 0.4) is 0 Å². The van der Waals surface area contributed by atoms with Gasteiger partial charge in [-0.15, -0.1) is 0 Å². The average molecular weight is 485 g/mol. The Bertz CT molecular complexity index is 1140. The summed E-state index contributed by atoms with van der Waals surface area (Å²) in [6.45, 7) is 0. The molecule has 1 N–H and O–H groups in total. The number of rotatable bonds is 3. The topological polar surface area (TPSA) is 42.0 Å². The maximum absolute atomic E-state index is 13.0. The lowest BCUT2D eigenvalue weighted by molar-refractivity contribution is 0.102. The molecule has 27 heavy (non-hydrogen) atoms. The molecule has 4 aromatic rings. The maximum Gasteiger partial charge on any atom is 0.256 e. The number of pyridine rings is 1. The first-order chi connectivity index (χ1) is 13.1. The molecule has 4 rings (SSSR count). The van der Waals surface area contributed by atoms with Gasteiger partial charge in [-0.1, -0.05) is 48.0 Å². The van der Waals surface area contributed by atoms with E-state index in [0.717, 1.165) is 31.4 Å². The predicted molar refractivity (Wildman–Crippen MR) is 119 cm³/mol. The van der Waals surface area contributed by atoms with E-state index in [4.69, 9.17) is 16.6 Å². The molecule has 0 saturated heterocycles. The van der Waals surface area contributed by atoms with E-state index in [1.807, 2.05) is 78.9 Å². The molecule has 0 saturated carbocycles. The van der Waals surface area contributed by atoms with Crippen molar-refractivity contribution in [1.82, 2.24) is 4.98 Å². The van der Waals surface area contributed by atoms with Crippen molar-refractivity contribution >= 4 is 56.7 Å². The summed E-state index contributed by atoms with van der Waals surface area (Å²) < 4.78 is 1.06. The number of hydrogen-bond donors (Lipinski definition) is 1. The van der Waals surface area contributed by atoms with Crippen molar-refractivity contribution in [2.45, 2.75) is 0 Å². The number of hydrogen-bond acceptors (Lipinski definition) is 2. The number of amides is 1. The first kappa shape index (κ1) is 17.9. The summed E-state index contributed by atoms with van der Waals surface area (Å²) in [6.07, 6.45) is 0. The van der Waals surface area contributed by atoms with E-state index in [2.05, 4.69) is 27.9 Å². The molecule has 132 valence electrons. The third-order valence-corrected chi connectivity index (χ3v) is 5.11. The summed E-state index contributed by atoms with van der Waals surface area (Å²) >= 11 is 8.22. The minimum absolute atomic E-state index is 0.161. The molecular weight excluding hydrogens is 471 g/mol. The van der Waals surface area contributed by atoms with E-state index in [9.17, 15) is 4.79 Å². The van der Waals surface area contributed by atoms with Crippen molar-refractivity contribution < 1.29 is 4.79 Å². The standard InChI is InChI=1S/C22H14ClIN2O/c23-15-10-8-14(9-11-15)21-13-19(18-6-1-2-7-20(18)26-21)22(27)25-17-5-3-4-16(24)12-17/h1-13H,(H,25,27). The number of fused-ring (bicyclic) bond motifs is 1. The fourth-order valence-corrected chi connectivity index (χ4v) is 3.57. The zero-order valence-electron chi connectivity index (χ0n) is 14.1. The van der Waals surface area contributed by atoms with E-state index in [1.54, 1.807) is 0 Å². The molecule has 0 atom stereocenters. The molecule has 0 radical (unpaired) electrons. The number of benzene rings is 3. The zero-order chi connectivity index (χ0) is 18.8. The number of carbonyl (C=O) groups is 1. The minimum Gasteiger partial charge on any atom is -0.322 e. The molecule has 0 bridgehead atoms. The van der Waals surface area contributed by atoms with Gasteiger partial charge in [-0.25, -0.2) is 4.98 Å². The third-order valence-electron chi connectivity index (χ3n) is 4.18. The fraction of sp³-hybridized carbons (Fsp3) is 0. The molecule has 1 aromatic heterocycles. The van der Waals surface area contributed by atoms with E-state index in [0.29, 0.717) is 10.6 Å². The van der Waals surface area contributed by atoms with Crippen molar-refractivity contribution in [3.63, 3.8) is 0 Å². The third kappa shape index (κ3) is 3.96. The summed E-state index contributed by atoms with van der Waals surface area (Å²) in [5, 5.41) is 4.47. The summed E-state index contributed by atoms with van der Waals surface area (Å²) in [4.78, 5) is 17.7. The summed E-state index contributed by atoms with van der Waals surface area (Å²) in [5.41, 5.74) is 3.77. The molecule has 0 aliphatic rings. The first-order valence-corrected chi connectivity index (χ1v) is 9.78. The lowest BCUT2D eigenvalue weighted by Gasteiger charge is -2.11. The van der Waals surface area contributed by atoms with Crippen LogP contribution in [0.5, 0.6) is 0 Å². The SMILES string of the molecule is O=C(Nc1cccc(I)c1)c1cc(-c2ccc(Cl)cc2)nc2ccccc12. The molecule has 0 spiro atoms. The Kier molecular flexibility index (Phi) is 5.09. The van der Waals surface area contributed by atoms with Crippen LogP contribution in [0.25, 0.3) is 22.2 Å². The number of halogens is 2. The second kappa shape index (κ2) is 7.66. The molecule has 5 heteroatoms. The van der Waals surface area contributed by atoms with Gasteiger partial charge in [-0.3, -0.25) is 4.79 Å². The summed E-state index contributed by atoms with van der Waals surface area (Å²) in [6, 6.07) is 24.6. The second-order valence-electron chi connectivity index (χ2n) is 6.04. The fourth-order valence-electron chi connectivity index (χ4n) is 2.90. The summed E-state index contributed by atoms with van der Waals surface area (Å²) in [7, 11) is 0. The van der Waals surface area contributed by atoms with E-state index in [-0.39, 0.29) is 5.91 Å². The molecule has 3 aromatic carbocycles. The monoisotopic (exact) mass is 484 g/mol. The normalized spacial score (nSPS) is 10.7. The second-order valence-corrected chi connectivity index (χ2v) is 7.73. The number of nitrogens with zero attached hydrogens (tertiary/aromatic N) is 1. The van der Waals surface area contributed by atoms with Gasteiger partial charge in [0, 0.05) is 25.2 Å². The highest BCUT2D eigenvalue weighted by molar-refractivity contribution is 14.1. The molecule has 1 amide bonds. The number of carbonyl (C=O) groups excluding carboxylic acids is 1. The van der Waals surface area contributed by atoms with Crippen LogP contribution in [0, 0.1) is 3.57 Å². The zero-order valence-corrected chi connectivity index (χ0v) is 17.0. The van der Waals surface area contributed by atoms with E-state index in [1.165, 1.54) is 0 Å². The number of anilines is 1. The quantitative estimate of drug-likeness (QED) is 0.341. The lowest BCUT2D eigenvalue weighted by Crippen LogP contribution is -2.13. The van der Waals surface area contributed by atoms with Crippen molar-refractivity contribution in [3.05, 3.63) is 93.0 Å². The molecule has 0 aliphatic carbocycles. The molecule has 0 aliphatic heterocycles. The largest absolute Gasteiger partial charge is 0.322 e. The van der Waals surface area contributed by atoms with Gasteiger partial charge >= 0.3 is 0 Å². The number of aromatic nitrogens is 1. The molecule has 0 fully saturated rings. The first-order valence-electron chi connectivity index (χ1n) is 8.33. The molecular formula is C22H14ClIN2O. The van der Waals surface area contributed by atoms with E-state index < -0.39 is 0 Å². The maximum atomic E-state index is 13.0. The van der Waals surface area contributed by atoms with Gasteiger partial charge in [-0.2, -0.15) is 0 Å². The smallest absolute Gasteiger partial charge is 0.256 e. The van der Waals surface area contributed by atoms with Gasteiger partial charge in [0.1, 0.15) is 0 Å². The van der Waals surface area contributed by atoms with Crippen molar-refractivity contribution in [2.75, 3.05) is 5.32 Å². The van der Waals surface area contributed by atoms with Crippen molar-refractivity contribution in [3.8, 4) is 11.3 Å². The van der Waals surface area contributed by atoms with Crippen LogP contribution >= 0.6 is 34.2 Å². The van der Waals surface area contributed by atoms with Gasteiger partial charge in [-0.05, 0) is 65.1 Å². The minimum atomic E-state index is -0.161. The van der Waals surface area contributed by atoms with Gasteiger partial charge < -0.3 is 5.32 Å². The van der Waals surface area contributed by atoms with Crippen molar-refractivity contribution in [1.29, 1.82) is 0 Å². The van der Waals surface area contributed by atoms with Gasteiger partial charge in [0.05, 0.1) is 16.8 Å². The molecule has 0 unspecified atom stereocenters. The number of nitrogens with one attached hydrogen (secondary N) is 1. The Morgan fingerprint density at radius 1 is 0.926 bits per heavy atom. The summed E-state index contributed by atoms with van der Waals surface area (Å²) in [5.74, 6) is -0.161. The van der Waals surface area contributed by atoms with Gasteiger partial charge in [0.15, 0.2) is 0 Å². The predicted octanol–water partition coefficient (Wildman–Crippen LogP) is 6.41. The van der Waals surface area contributed by atoms with Crippen molar-refractivity contribution in [2.24, 2.45) is 0 Å². The van der Waals surface area contributed by atoms with Crippen LogP contribution in [0.1, 0.15) is 10.4 Å². The highest BCUT2D eigenvalue weighted by Gasteiger charge is 2.14. The van der Waals surface area contributed by atoms with E-state index >= 15 is 0 Å². The van der Waals surface area contributed by atoms with Crippen LogP contribution in [0.15, 0.2) is 78.9 Å². The Morgan fingerprint density at radius 2 is 1.70 bits per heavy atom. The molecule has 1 heterocycles. The Labute approximate surface area is 175 Å². The Balaban J connectivity index is 1.80. The van der Waals surface area contributed by atoms with Crippen LogP contribution < -0.4 is 5.32 Å². The van der Waals surface area contributed by atoms with Gasteiger partial charge in [0.25, 0.3) is 5.91 Å². The lowest BCUT2D eigenvalue weighted by atomic mass is 10.0. The van der Waals surface area contributed by atoms with Crippen LogP contribution in [-0.4, -0.2) is 10.9 Å². The highest BCUT2D eigenvalue weighted by Crippen LogP contribution is 2.26. The average Bonchev–Trinajstić information content (AvgIpc) is 2.67. The van der Waals surface area contributed by atoms with Gasteiger partial charge in [0.2, 0.25) is 0 Å². The number of para-hydroxylation sites is 1. The Morgan fingerprint density at radius 3 is 2.48 bits per heavy atom. The van der Waals surface area contributed by atoms with Crippen LogP contribution in [-0.2, 0) is 0 Å².